The van der Waals surface area contributed by atoms with Crippen LogP contribution in [0.1, 0.15) is 18.1 Å². The lowest BCUT2D eigenvalue weighted by atomic mass is 10.2. The molecule has 0 saturated carbocycles. The molecule has 0 radical (unpaired) electrons. The highest BCUT2D eigenvalue weighted by atomic mass is 16.6. The topological polar surface area (TPSA) is 178 Å². The summed E-state index contributed by atoms with van der Waals surface area (Å²) in [6, 6.07) is 9.83. The molecule has 14 heteroatoms. The molecule has 0 spiro atoms. The third-order valence-electron chi connectivity index (χ3n) is 5.80. The minimum atomic E-state index is -0.779. The SMILES string of the molecule is Cc1ccc(NC(=O)OCC(C)OC(=O)Nc2ccc(C)c(NC(=O)OCC3CO3)c2)cc1NC(=O)OCC1CO1. The number of nitrogens with one attached hydrogen (secondary N) is 4. The number of rotatable bonds is 11. The maximum Gasteiger partial charge on any atom is 0.412 e. The zero-order valence-corrected chi connectivity index (χ0v) is 22.8. The fraction of sp³-hybridized carbons (Fsp3) is 0.407. The Morgan fingerprint density at radius 1 is 0.732 bits per heavy atom. The Hall–Kier alpha value is -4.56. The van der Waals surface area contributed by atoms with E-state index in [1.165, 1.54) is 0 Å². The molecule has 2 aliphatic heterocycles. The van der Waals surface area contributed by atoms with Gasteiger partial charge in [-0.25, -0.2) is 19.2 Å². The summed E-state index contributed by atoms with van der Waals surface area (Å²) in [6.45, 7) is 6.41. The number of hydrogen-bond acceptors (Lipinski definition) is 10. The Morgan fingerprint density at radius 2 is 1.17 bits per heavy atom. The average Bonchev–Trinajstić information content (AvgIpc) is 3.84. The quantitative estimate of drug-likeness (QED) is 0.223. The summed E-state index contributed by atoms with van der Waals surface area (Å²) >= 11 is 0. The van der Waals surface area contributed by atoms with E-state index in [1.54, 1.807) is 57.2 Å². The van der Waals surface area contributed by atoms with Crippen LogP contribution in [-0.2, 0) is 28.4 Å². The van der Waals surface area contributed by atoms with Crippen LogP contribution in [0.5, 0.6) is 0 Å². The van der Waals surface area contributed by atoms with Gasteiger partial charge in [-0.1, -0.05) is 12.1 Å². The summed E-state index contributed by atoms with van der Waals surface area (Å²) in [7, 11) is 0. The lowest BCUT2D eigenvalue weighted by molar-refractivity contribution is 0.0651. The van der Waals surface area contributed by atoms with Crippen molar-refractivity contribution in [2.24, 2.45) is 0 Å². The van der Waals surface area contributed by atoms with Crippen LogP contribution in [0.2, 0.25) is 0 Å². The Balaban J connectivity index is 1.18. The normalized spacial score (nSPS) is 17.3. The molecule has 3 unspecified atom stereocenters. The molecule has 4 amide bonds. The summed E-state index contributed by atoms with van der Waals surface area (Å²) in [5.41, 5.74) is 3.18. The van der Waals surface area contributed by atoms with Crippen molar-refractivity contribution in [3.8, 4) is 0 Å². The maximum absolute atomic E-state index is 12.3. The van der Waals surface area contributed by atoms with E-state index in [4.69, 9.17) is 28.4 Å². The van der Waals surface area contributed by atoms with Crippen molar-refractivity contribution in [3.63, 3.8) is 0 Å². The predicted molar refractivity (Wildman–Crippen MR) is 146 cm³/mol. The van der Waals surface area contributed by atoms with Gasteiger partial charge in [-0.05, 0) is 56.2 Å². The van der Waals surface area contributed by atoms with Gasteiger partial charge in [0, 0.05) is 22.7 Å². The minimum absolute atomic E-state index is 0.0511. The first-order valence-corrected chi connectivity index (χ1v) is 12.9. The summed E-state index contributed by atoms with van der Waals surface area (Å²) in [5, 5.41) is 10.4. The van der Waals surface area contributed by atoms with Gasteiger partial charge in [-0.2, -0.15) is 0 Å². The van der Waals surface area contributed by atoms with E-state index in [2.05, 4.69) is 21.3 Å². The molecule has 0 aromatic heterocycles. The van der Waals surface area contributed by atoms with Crippen molar-refractivity contribution in [3.05, 3.63) is 47.5 Å². The van der Waals surface area contributed by atoms with E-state index in [9.17, 15) is 19.2 Å². The van der Waals surface area contributed by atoms with Crippen LogP contribution >= 0.6 is 0 Å². The number of hydrogen-bond donors (Lipinski definition) is 4. The fourth-order valence-corrected chi connectivity index (χ4v) is 3.34. The number of ether oxygens (including phenoxy) is 6. The Labute approximate surface area is 235 Å². The Morgan fingerprint density at radius 3 is 1.63 bits per heavy atom. The summed E-state index contributed by atoms with van der Waals surface area (Å²) in [5.74, 6) is 0. The Bertz CT molecular complexity index is 1280. The van der Waals surface area contributed by atoms with Gasteiger partial charge in [-0.15, -0.1) is 0 Å². The molecule has 0 bridgehead atoms. The standard InChI is InChI=1S/C27H32N4O10/c1-15-4-6-18(8-22(15)30-25(33)39-13-20-11-36-20)28-24(32)38-10-17(3)41-27(35)29-19-7-5-16(2)23(9-19)31-26(34)40-14-21-12-37-21/h4-9,17,20-21H,10-14H2,1-3H3,(H,28,32)(H,29,35)(H,30,33)(H,31,34). The van der Waals surface area contributed by atoms with Crippen LogP contribution in [-0.4, -0.2) is 75.7 Å². The van der Waals surface area contributed by atoms with Crippen LogP contribution < -0.4 is 21.3 Å². The molecule has 4 rings (SSSR count). The highest BCUT2D eigenvalue weighted by molar-refractivity contribution is 5.91. The molecular formula is C27H32N4O10. The third-order valence-corrected chi connectivity index (χ3v) is 5.80. The van der Waals surface area contributed by atoms with Crippen molar-refractivity contribution < 1.29 is 47.6 Å². The summed E-state index contributed by atoms with van der Waals surface area (Å²) < 4.78 is 30.5. The smallest absolute Gasteiger partial charge is 0.412 e. The van der Waals surface area contributed by atoms with E-state index in [1.807, 2.05) is 0 Å². The zero-order valence-electron chi connectivity index (χ0n) is 22.8. The van der Waals surface area contributed by atoms with Crippen molar-refractivity contribution in [1.29, 1.82) is 0 Å². The zero-order chi connectivity index (χ0) is 29.4. The number of amides is 4. The number of epoxide rings is 2. The van der Waals surface area contributed by atoms with Crippen LogP contribution in [0.3, 0.4) is 0 Å². The van der Waals surface area contributed by atoms with E-state index in [0.717, 1.165) is 11.1 Å². The molecule has 41 heavy (non-hydrogen) atoms. The van der Waals surface area contributed by atoms with Gasteiger partial charge >= 0.3 is 24.4 Å². The fourth-order valence-electron chi connectivity index (χ4n) is 3.34. The van der Waals surface area contributed by atoms with Gasteiger partial charge in [0.1, 0.15) is 38.1 Å². The van der Waals surface area contributed by atoms with Crippen molar-refractivity contribution in [1.82, 2.24) is 0 Å². The van der Waals surface area contributed by atoms with Crippen molar-refractivity contribution in [2.45, 2.75) is 39.1 Å². The molecule has 2 aromatic carbocycles. The first-order valence-electron chi connectivity index (χ1n) is 12.9. The first-order chi connectivity index (χ1) is 19.6. The summed E-state index contributed by atoms with van der Waals surface area (Å²) in [4.78, 5) is 48.5. The van der Waals surface area contributed by atoms with Gasteiger partial charge in [0.25, 0.3) is 0 Å². The second-order valence-corrected chi connectivity index (χ2v) is 9.48. The molecule has 220 valence electrons. The third kappa shape index (κ3) is 10.2. The first kappa shape index (κ1) is 29.4. The van der Waals surface area contributed by atoms with E-state index in [0.29, 0.717) is 36.0 Å². The molecule has 14 nitrogen and oxygen atoms in total. The van der Waals surface area contributed by atoms with Gasteiger partial charge in [0.15, 0.2) is 0 Å². The van der Waals surface area contributed by atoms with E-state index >= 15 is 0 Å². The van der Waals surface area contributed by atoms with Crippen LogP contribution in [0.25, 0.3) is 0 Å². The largest absolute Gasteiger partial charge is 0.446 e. The number of carbonyl (C=O) groups excluding carboxylic acids is 4. The van der Waals surface area contributed by atoms with E-state index < -0.39 is 30.5 Å². The molecule has 2 aromatic rings. The molecule has 0 aliphatic carbocycles. The molecular weight excluding hydrogens is 540 g/mol. The van der Waals surface area contributed by atoms with Crippen LogP contribution in [0, 0.1) is 13.8 Å². The Kier molecular flexibility index (Phi) is 9.81. The lowest BCUT2D eigenvalue weighted by Crippen LogP contribution is -2.26. The maximum atomic E-state index is 12.3. The predicted octanol–water partition coefficient (Wildman–Crippen LogP) is 4.38. The average molecular weight is 573 g/mol. The van der Waals surface area contributed by atoms with Crippen LogP contribution in [0.15, 0.2) is 36.4 Å². The van der Waals surface area contributed by atoms with Gasteiger partial charge in [-0.3, -0.25) is 21.3 Å². The molecule has 3 atom stereocenters. The van der Waals surface area contributed by atoms with Crippen LogP contribution in [0.4, 0.5) is 41.9 Å². The molecule has 4 N–H and O–H groups in total. The molecule has 2 heterocycles. The second kappa shape index (κ2) is 13.7. The second-order valence-electron chi connectivity index (χ2n) is 9.48. The number of carbonyl (C=O) groups is 4. The molecule has 2 aliphatic rings. The van der Waals surface area contributed by atoms with E-state index in [-0.39, 0.29) is 32.0 Å². The summed E-state index contributed by atoms with van der Waals surface area (Å²) in [6.07, 6.45) is -3.70. The number of benzene rings is 2. The number of aryl methyl sites for hydroxylation is 2. The highest BCUT2D eigenvalue weighted by Gasteiger charge is 2.25. The van der Waals surface area contributed by atoms with Gasteiger partial charge in [0.05, 0.1) is 13.2 Å². The monoisotopic (exact) mass is 572 g/mol. The minimum Gasteiger partial charge on any atom is -0.446 e. The number of anilines is 4. The lowest BCUT2D eigenvalue weighted by Gasteiger charge is -2.16. The van der Waals surface area contributed by atoms with Gasteiger partial charge < -0.3 is 28.4 Å². The highest BCUT2D eigenvalue weighted by Crippen LogP contribution is 2.22. The molecule has 2 saturated heterocycles. The molecule has 2 fully saturated rings. The van der Waals surface area contributed by atoms with Crippen molar-refractivity contribution >= 4 is 47.1 Å². The van der Waals surface area contributed by atoms with Gasteiger partial charge in [0.2, 0.25) is 0 Å². The van der Waals surface area contributed by atoms with Crippen molar-refractivity contribution in [2.75, 3.05) is 54.3 Å².